The Bertz CT molecular complexity index is 575. The number of aromatic nitrogens is 2. The van der Waals surface area contributed by atoms with Crippen molar-refractivity contribution >= 4 is 0 Å². The van der Waals surface area contributed by atoms with Gasteiger partial charge in [-0.25, -0.2) is 0 Å². The second-order valence-corrected chi connectivity index (χ2v) is 5.70. The van der Waals surface area contributed by atoms with Crippen LogP contribution < -0.4 is 10.1 Å². The molecule has 0 atom stereocenters. The molecular formula is C17H23N3O. The summed E-state index contributed by atoms with van der Waals surface area (Å²) in [6.07, 6.45) is 7.47. The van der Waals surface area contributed by atoms with Gasteiger partial charge in [-0.1, -0.05) is 31.2 Å². The third-order valence-electron chi connectivity index (χ3n) is 3.63. The van der Waals surface area contributed by atoms with Crippen LogP contribution in [-0.4, -0.2) is 15.8 Å². The molecule has 0 amide bonds. The van der Waals surface area contributed by atoms with Crippen LogP contribution in [-0.2, 0) is 19.7 Å². The molecule has 1 heterocycles. The van der Waals surface area contributed by atoms with Gasteiger partial charge in [-0.05, 0) is 30.4 Å². The minimum Gasteiger partial charge on any atom is -0.486 e. The summed E-state index contributed by atoms with van der Waals surface area (Å²) in [5.41, 5.74) is 2.53. The first-order valence-corrected chi connectivity index (χ1v) is 7.80. The van der Waals surface area contributed by atoms with E-state index in [1.165, 1.54) is 24.0 Å². The molecule has 1 aromatic carbocycles. The molecule has 1 saturated carbocycles. The van der Waals surface area contributed by atoms with Crippen molar-refractivity contribution in [2.45, 2.75) is 51.9 Å². The number of nitrogens with zero attached hydrogens (tertiary/aromatic N) is 2. The molecule has 1 aliphatic rings. The number of benzene rings is 1. The zero-order valence-corrected chi connectivity index (χ0v) is 12.6. The van der Waals surface area contributed by atoms with Crippen molar-refractivity contribution in [2.75, 3.05) is 0 Å². The van der Waals surface area contributed by atoms with Crippen LogP contribution in [0.15, 0.2) is 36.7 Å². The highest BCUT2D eigenvalue weighted by Gasteiger charge is 2.19. The first-order valence-electron chi connectivity index (χ1n) is 7.80. The van der Waals surface area contributed by atoms with E-state index >= 15 is 0 Å². The number of aryl methyl sites for hydroxylation is 1. The van der Waals surface area contributed by atoms with Crippen molar-refractivity contribution in [3.8, 4) is 5.75 Å². The summed E-state index contributed by atoms with van der Waals surface area (Å²) < 4.78 is 7.73. The number of nitrogens with one attached hydrogen (secondary N) is 1. The lowest BCUT2D eigenvalue weighted by molar-refractivity contribution is 0.305. The van der Waals surface area contributed by atoms with Gasteiger partial charge in [0.05, 0.1) is 12.4 Å². The van der Waals surface area contributed by atoms with E-state index in [2.05, 4.69) is 41.6 Å². The van der Waals surface area contributed by atoms with E-state index < -0.39 is 0 Å². The Morgan fingerprint density at radius 1 is 1.33 bits per heavy atom. The molecule has 0 spiro atoms. The van der Waals surface area contributed by atoms with Gasteiger partial charge in [-0.2, -0.15) is 5.10 Å². The smallest absolute Gasteiger partial charge is 0.157 e. The second-order valence-electron chi connectivity index (χ2n) is 5.70. The number of hydrogen-bond donors (Lipinski definition) is 1. The molecule has 1 N–H and O–H groups in total. The van der Waals surface area contributed by atoms with E-state index in [1.807, 2.05) is 10.9 Å². The standard InChI is InChI=1S/C17H23N3O/c1-2-8-20-12-17(11-19-20)21-13-15-5-3-4-14(9-15)10-18-16-6-7-16/h3-5,9,11-12,16,18H,2,6-8,10,13H2,1H3. The third-order valence-corrected chi connectivity index (χ3v) is 3.63. The van der Waals surface area contributed by atoms with E-state index in [0.717, 1.165) is 31.3 Å². The largest absolute Gasteiger partial charge is 0.486 e. The lowest BCUT2D eigenvalue weighted by Gasteiger charge is -2.07. The Morgan fingerprint density at radius 3 is 3.00 bits per heavy atom. The maximum Gasteiger partial charge on any atom is 0.157 e. The minimum atomic E-state index is 0.592. The molecule has 2 aromatic rings. The highest BCUT2D eigenvalue weighted by Crippen LogP contribution is 2.19. The van der Waals surface area contributed by atoms with Crippen molar-refractivity contribution in [2.24, 2.45) is 0 Å². The van der Waals surface area contributed by atoms with Crippen molar-refractivity contribution in [1.82, 2.24) is 15.1 Å². The van der Waals surface area contributed by atoms with E-state index in [9.17, 15) is 0 Å². The van der Waals surface area contributed by atoms with E-state index in [0.29, 0.717) is 6.61 Å². The van der Waals surface area contributed by atoms with Crippen molar-refractivity contribution in [3.05, 3.63) is 47.8 Å². The first kappa shape index (κ1) is 14.1. The predicted molar refractivity (Wildman–Crippen MR) is 83.2 cm³/mol. The molecule has 0 saturated heterocycles. The SMILES string of the molecule is CCCn1cc(OCc2cccc(CNC3CC3)c2)cn1. The van der Waals surface area contributed by atoms with Crippen molar-refractivity contribution < 1.29 is 4.74 Å². The number of rotatable bonds is 8. The van der Waals surface area contributed by atoms with E-state index in [1.54, 1.807) is 6.20 Å². The Balaban J connectivity index is 1.52. The fourth-order valence-corrected chi connectivity index (χ4v) is 2.32. The fourth-order valence-electron chi connectivity index (χ4n) is 2.32. The van der Waals surface area contributed by atoms with Crippen LogP contribution in [0.4, 0.5) is 0 Å². The Hall–Kier alpha value is -1.81. The van der Waals surface area contributed by atoms with Crippen molar-refractivity contribution in [3.63, 3.8) is 0 Å². The molecular weight excluding hydrogens is 262 g/mol. The monoisotopic (exact) mass is 285 g/mol. The Kier molecular flexibility index (Phi) is 4.55. The van der Waals surface area contributed by atoms with E-state index in [4.69, 9.17) is 4.74 Å². The molecule has 4 nitrogen and oxygen atoms in total. The second kappa shape index (κ2) is 6.76. The average Bonchev–Trinajstić information content (AvgIpc) is 3.23. The van der Waals surface area contributed by atoms with Gasteiger partial charge < -0.3 is 10.1 Å². The van der Waals surface area contributed by atoms with Gasteiger partial charge in [-0.3, -0.25) is 4.68 Å². The number of ether oxygens (including phenoxy) is 1. The summed E-state index contributed by atoms with van der Waals surface area (Å²) in [4.78, 5) is 0. The van der Waals surface area contributed by atoms with Gasteiger partial charge in [0, 0.05) is 19.1 Å². The predicted octanol–water partition coefficient (Wildman–Crippen LogP) is 3.12. The average molecular weight is 285 g/mol. The van der Waals surface area contributed by atoms with Gasteiger partial charge in [0.15, 0.2) is 5.75 Å². The molecule has 3 rings (SSSR count). The molecule has 21 heavy (non-hydrogen) atoms. The lowest BCUT2D eigenvalue weighted by atomic mass is 10.1. The van der Waals surface area contributed by atoms with Crippen LogP contribution in [0.5, 0.6) is 5.75 Å². The molecule has 1 fully saturated rings. The molecule has 0 aliphatic heterocycles. The summed E-state index contributed by atoms with van der Waals surface area (Å²) in [7, 11) is 0. The zero-order valence-electron chi connectivity index (χ0n) is 12.6. The first-order chi connectivity index (χ1) is 10.3. The van der Waals surface area contributed by atoms with E-state index in [-0.39, 0.29) is 0 Å². The molecule has 1 aromatic heterocycles. The summed E-state index contributed by atoms with van der Waals surface area (Å²) in [6.45, 7) is 4.62. The quantitative estimate of drug-likeness (QED) is 0.810. The van der Waals surface area contributed by atoms with Crippen LogP contribution in [0.3, 0.4) is 0 Å². The highest BCUT2D eigenvalue weighted by atomic mass is 16.5. The maximum atomic E-state index is 5.81. The van der Waals surface area contributed by atoms with Crippen molar-refractivity contribution in [1.29, 1.82) is 0 Å². The van der Waals surface area contributed by atoms with Crippen LogP contribution >= 0.6 is 0 Å². The molecule has 112 valence electrons. The normalized spacial score (nSPS) is 14.3. The zero-order chi connectivity index (χ0) is 14.5. The lowest BCUT2D eigenvalue weighted by Crippen LogP contribution is -2.15. The summed E-state index contributed by atoms with van der Waals surface area (Å²) >= 11 is 0. The van der Waals surface area contributed by atoms with Gasteiger partial charge in [0.2, 0.25) is 0 Å². The molecule has 0 radical (unpaired) electrons. The van der Waals surface area contributed by atoms with Crippen LogP contribution in [0.2, 0.25) is 0 Å². The molecule has 4 heteroatoms. The molecule has 0 unspecified atom stereocenters. The fraction of sp³-hybridized carbons (Fsp3) is 0.471. The summed E-state index contributed by atoms with van der Waals surface area (Å²) in [5.74, 6) is 0.838. The van der Waals surface area contributed by atoms with Gasteiger partial charge in [-0.15, -0.1) is 0 Å². The Labute approximate surface area is 126 Å². The Morgan fingerprint density at radius 2 is 2.19 bits per heavy atom. The minimum absolute atomic E-state index is 0.592. The topological polar surface area (TPSA) is 39.1 Å². The van der Waals surface area contributed by atoms with Crippen LogP contribution in [0, 0.1) is 0 Å². The summed E-state index contributed by atoms with van der Waals surface area (Å²) in [6, 6.07) is 9.33. The van der Waals surface area contributed by atoms with Gasteiger partial charge in [0.1, 0.15) is 6.61 Å². The highest BCUT2D eigenvalue weighted by molar-refractivity contribution is 5.24. The van der Waals surface area contributed by atoms with Crippen LogP contribution in [0.1, 0.15) is 37.3 Å². The van der Waals surface area contributed by atoms with Gasteiger partial charge in [0.25, 0.3) is 0 Å². The van der Waals surface area contributed by atoms with Crippen LogP contribution in [0.25, 0.3) is 0 Å². The molecule has 0 bridgehead atoms. The number of hydrogen-bond acceptors (Lipinski definition) is 3. The van der Waals surface area contributed by atoms with Gasteiger partial charge >= 0.3 is 0 Å². The molecule has 1 aliphatic carbocycles. The maximum absolute atomic E-state index is 5.81. The summed E-state index contributed by atoms with van der Waals surface area (Å²) in [5, 5.41) is 7.81. The third kappa shape index (κ3) is 4.33.